The largest absolute Gasteiger partial charge is 0.293 e. The summed E-state index contributed by atoms with van der Waals surface area (Å²) in [5.74, 6) is 1.43. The Morgan fingerprint density at radius 1 is 1.58 bits per heavy atom. The SMILES string of the molecule is CCC1CN(C(C)C(=O)Nc2ncccn2)CCS1. The first kappa shape index (κ1) is 14.3. The van der Waals surface area contributed by atoms with Crippen LogP contribution in [0.15, 0.2) is 18.5 Å². The first-order chi connectivity index (χ1) is 9.20. The molecule has 2 heterocycles. The Balaban J connectivity index is 1.91. The fourth-order valence-corrected chi connectivity index (χ4v) is 3.29. The van der Waals surface area contributed by atoms with Crippen molar-refractivity contribution >= 4 is 23.6 Å². The van der Waals surface area contributed by atoms with E-state index in [9.17, 15) is 4.79 Å². The number of nitrogens with one attached hydrogen (secondary N) is 1. The Morgan fingerprint density at radius 2 is 2.32 bits per heavy atom. The highest BCUT2D eigenvalue weighted by Gasteiger charge is 2.27. The van der Waals surface area contributed by atoms with Crippen molar-refractivity contribution < 1.29 is 4.79 Å². The third-order valence-corrected chi connectivity index (χ3v) is 4.73. The van der Waals surface area contributed by atoms with Gasteiger partial charge in [0, 0.05) is 36.5 Å². The molecule has 5 nitrogen and oxygen atoms in total. The number of carbonyl (C=O) groups is 1. The monoisotopic (exact) mass is 280 g/mol. The van der Waals surface area contributed by atoms with Gasteiger partial charge in [-0.15, -0.1) is 0 Å². The lowest BCUT2D eigenvalue weighted by atomic mass is 10.2. The molecule has 1 aromatic rings. The number of rotatable bonds is 4. The summed E-state index contributed by atoms with van der Waals surface area (Å²) < 4.78 is 0. The van der Waals surface area contributed by atoms with Gasteiger partial charge in [0.2, 0.25) is 11.9 Å². The van der Waals surface area contributed by atoms with Gasteiger partial charge in [0.05, 0.1) is 6.04 Å². The van der Waals surface area contributed by atoms with Crippen molar-refractivity contribution in [1.29, 1.82) is 0 Å². The Kier molecular flexibility index (Phi) is 5.15. The van der Waals surface area contributed by atoms with Gasteiger partial charge in [-0.05, 0) is 19.4 Å². The summed E-state index contributed by atoms with van der Waals surface area (Å²) in [6.45, 7) is 6.08. The third-order valence-electron chi connectivity index (χ3n) is 3.35. The molecule has 0 saturated carbocycles. The second-order valence-electron chi connectivity index (χ2n) is 4.63. The summed E-state index contributed by atoms with van der Waals surface area (Å²) in [6, 6.07) is 1.59. The molecule has 1 N–H and O–H groups in total. The van der Waals surface area contributed by atoms with Crippen molar-refractivity contribution in [2.24, 2.45) is 0 Å². The molecule has 2 rings (SSSR count). The second-order valence-corrected chi connectivity index (χ2v) is 6.04. The second kappa shape index (κ2) is 6.86. The van der Waals surface area contributed by atoms with Crippen LogP contribution in [0, 0.1) is 0 Å². The predicted octanol–water partition coefficient (Wildman–Crippen LogP) is 1.63. The van der Waals surface area contributed by atoms with Crippen LogP contribution in [0.3, 0.4) is 0 Å². The van der Waals surface area contributed by atoms with Gasteiger partial charge >= 0.3 is 0 Å². The minimum absolute atomic E-state index is 0.0343. The smallest absolute Gasteiger partial charge is 0.243 e. The topological polar surface area (TPSA) is 58.1 Å². The summed E-state index contributed by atoms with van der Waals surface area (Å²) in [5.41, 5.74) is 0. The molecule has 1 aliphatic heterocycles. The molecule has 0 bridgehead atoms. The molecule has 104 valence electrons. The summed E-state index contributed by atoms with van der Waals surface area (Å²) >= 11 is 2.00. The fraction of sp³-hybridized carbons (Fsp3) is 0.615. The zero-order valence-electron chi connectivity index (χ0n) is 11.4. The molecule has 19 heavy (non-hydrogen) atoms. The van der Waals surface area contributed by atoms with Crippen molar-refractivity contribution in [1.82, 2.24) is 14.9 Å². The first-order valence-corrected chi connectivity index (χ1v) is 7.69. The lowest BCUT2D eigenvalue weighted by Gasteiger charge is -2.35. The third kappa shape index (κ3) is 3.91. The molecular formula is C13H20N4OS. The number of carbonyl (C=O) groups excluding carboxylic acids is 1. The number of thioether (sulfide) groups is 1. The molecule has 0 aromatic carbocycles. The highest BCUT2D eigenvalue weighted by Crippen LogP contribution is 2.22. The van der Waals surface area contributed by atoms with Gasteiger partial charge in [-0.25, -0.2) is 9.97 Å². The van der Waals surface area contributed by atoms with Gasteiger partial charge in [-0.3, -0.25) is 15.0 Å². The normalized spacial score (nSPS) is 21.9. The number of amides is 1. The van der Waals surface area contributed by atoms with E-state index in [1.165, 1.54) is 0 Å². The van der Waals surface area contributed by atoms with Crippen molar-refractivity contribution in [2.75, 3.05) is 24.2 Å². The van der Waals surface area contributed by atoms with Gasteiger partial charge in [0.1, 0.15) is 0 Å². The van der Waals surface area contributed by atoms with Gasteiger partial charge in [-0.2, -0.15) is 11.8 Å². The molecule has 1 fully saturated rings. The van der Waals surface area contributed by atoms with E-state index in [0.717, 1.165) is 25.3 Å². The van der Waals surface area contributed by atoms with Gasteiger partial charge < -0.3 is 0 Å². The molecule has 2 atom stereocenters. The highest BCUT2D eigenvalue weighted by atomic mass is 32.2. The molecule has 2 unspecified atom stereocenters. The van der Waals surface area contributed by atoms with Crippen molar-refractivity contribution in [2.45, 2.75) is 31.6 Å². The highest BCUT2D eigenvalue weighted by molar-refractivity contribution is 8.00. The van der Waals surface area contributed by atoms with Crippen LogP contribution < -0.4 is 5.32 Å². The predicted molar refractivity (Wildman–Crippen MR) is 78.2 cm³/mol. The van der Waals surface area contributed by atoms with E-state index in [0.29, 0.717) is 11.2 Å². The number of anilines is 1. The maximum Gasteiger partial charge on any atom is 0.243 e. The zero-order valence-corrected chi connectivity index (χ0v) is 12.2. The molecule has 6 heteroatoms. The van der Waals surface area contributed by atoms with Gasteiger partial charge in [-0.1, -0.05) is 6.92 Å². The quantitative estimate of drug-likeness (QED) is 0.908. The molecule has 0 spiro atoms. The minimum atomic E-state index is -0.140. The van der Waals surface area contributed by atoms with Crippen LogP contribution in [0.1, 0.15) is 20.3 Å². The standard InChI is InChI=1S/C13H20N4OS/c1-3-11-9-17(7-8-19-11)10(2)12(18)16-13-14-5-4-6-15-13/h4-6,10-11H,3,7-9H2,1-2H3,(H,14,15,16,18). The summed E-state index contributed by atoms with van der Waals surface area (Å²) in [6.07, 6.45) is 4.40. The van der Waals surface area contributed by atoms with Crippen LogP contribution in [-0.4, -0.2) is 50.9 Å². The van der Waals surface area contributed by atoms with Crippen LogP contribution in [0.5, 0.6) is 0 Å². The van der Waals surface area contributed by atoms with E-state index < -0.39 is 0 Å². The van der Waals surface area contributed by atoms with Crippen molar-refractivity contribution in [3.63, 3.8) is 0 Å². The molecule has 1 aromatic heterocycles. The minimum Gasteiger partial charge on any atom is -0.293 e. The number of aromatic nitrogens is 2. The van der Waals surface area contributed by atoms with E-state index in [1.807, 2.05) is 18.7 Å². The van der Waals surface area contributed by atoms with Gasteiger partial charge in [0.15, 0.2) is 0 Å². The Morgan fingerprint density at radius 3 is 3.00 bits per heavy atom. The molecule has 1 amide bonds. The van der Waals surface area contributed by atoms with Crippen LogP contribution in [-0.2, 0) is 4.79 Å². The zero-order chi connectivity index (χ0) is 13.7. The summed E-state index contributed by atoms with van der Waals surface area (Å²) in [7, 11) is 0. The average Bonchev–Trinajstić information content (AvgIpc) is 2.47. The summed E-state index contributed by atoms with van der Waals surface area (Å²) in [5, 5.41) is 3.40. The van der Waals surface area contributed by atoms with Crippen molar-refractivity contribution in [3.8, 4) is 0 Å². The Hall–Kier alpha value is -1.14. The van der Waals surface area contributed by atoms with Crippen LogP contribution in [0.4, 0.5) is 5.95 Å². The number of hydrogen-bond donors (Lipinski definition) is 1. The molecule has 1 saturated heterocycles. The first-order valence-electron chi connectivity index (χ1n) is 6.64. The van der Waals surface area contributed by atoms with Crippen LogP contribution in [0.25, 0.3) is 0 Å². The van der Waals surface area contributed by atoms with E-state index in [2.05, 4.69) is 27.1 Å². The maximum atomic E-state index is 12.2. The Labute approximate surface area is 118 Å². The number of hydrogen-bond acceptors (Lipinski definition) is 5. The van der Waals surface area contributed by atoms with Crippen LogP contribution in [0.2, 0.25) is 0 Å². The van der Waals surface area contributed by atoms with Crippen LogP contribution >= 0.6 is 11.8 Å². The summed E-state index contributed by atoms with van der Waals surface area (Å²) in [4.78, 5) is 22.4. The lowest BCUT2D eigenvalue weighted by molar-refractivity contribution is -0.120. The lowest BCUT2D eigenvalue weighted by Crippen LogP contribution is -2.48. The number of nitrogens with zero attached hydrogens (tertiary/aromatic N) is 3. The van der Waals surface area contributed by atoms with E-state index >= 15 is 0 Å². The van der Waals surface area contributed by atoms with E-state index in [1.54, 1.807) is 18.5 Å². The molecule has 0 aliphatic carbocycles. The maximum absolute atomic E-state index is 12.2. The fourth-order valence-electron chi connectivity index (χ4n) is 2.08. The molecule has 1 aliphatic rings. The Bertz CT molecular complexity index is 414. The average molecular weight is 280 g/mol. The van der Waals surface area contributed by atoms with Crippen molar-refractivity contribution in [3.05, 3.63) is 18.5 Å². The molecule has 0 radical (unpaired) electrons. The van der Waals surface area contributed by atoms with Gasteiger partial charge in [0.25, 0.3) is 0 Å². The van der Waals surface area contributed by atoms with E-state index in [-0.39, 0.29) is 11.9 Å². The molecular weight excluding hydrogens is 260 g/mol. The van der Waals surface area contributed by atoms with E-state index in [4.69, 9.17) is 0 Å².